The van der Waals surface area contributed by atoms with Crippen molar-refractivity contribution in [2.24, 2.45) is 0 Å². The quantitative estimate of drug-likeness (QED) is 0.676. The van der Waals surface area contributed by atoms with Gasteiger partial charge in [-0.05, 0) is 26.3 Å². The highest BCUT2D eigenvalue weighted by Crippen LogP contribution is 2.23. The van der Waals surface area contributed by atoms with E-state index < -0.39 is 0 Å². The van der Waals surface area contributed by atoms with Crippen LogP contribution in [0, 0.1) is 0 Å². The third kappa shape index (κ3) is 6.44. The molecule has 4 unspecified atom stereocenters. The lowest BCUT2D eigenvalue weighted by Gasteiger charge is -2.27. The molecule has 0 aliphatic rings. The van der Waals surface area contributed by atoms with Crippen molar-refractivity contribution in [3.8, 4) is 0 Å². The van der Waals surface area contributed by atoms with Gasteiger partial charge in [-0.2, -0.15) is 11.8 Å². The Morgan fingerprint density at radius 3 is 2.13 bits per heavy atom. The topological polar surface area (TPSA) is 32.3 Å². The monoisotopic (exact) mass is 233 g/mol. The average Bonchev–Trinajstić information content (AvgIpc) is 2.18. The first-order chi connectivity index (χ1) is 7.02. The van der Waals surface area contributed by atoms with Gasteiger partial charge in [-0.3, -0.25) is 0 Å². The highest BCUT2D eigenvalue weighted by atomic mass is 32.2. The van der Waals surface area contributed by atoms with E-state index in [1.54, 1.807) is 0 Å². The maximum Gasteiger partial charge on any atom is 0.0628 e. The van der Waals surface area contributed by atoms with E-state index in [4.69, 9.17) is 0 Å². The van der Waals surface area contributed by atoms with Crippen LogP contribution in [0.5, 0.6) is 0 Å². The van der Waals surface area contributed by atoms with Gasteiger partial charge in [0.2, 0.25) is 0 Å². The third-order valence-electron chi connectivity index (χ3n) is 2.77. The van der Waals surface area contributed by atoms with Crippen LogP contribution in [-0.4, -0.2) is 34.3 Å². The Balaban J connectivity index is 3.97. The van der Waals surface area contributed by atoms with Crippen molar-refractivity contribution in [2.75, 3.05) is 6.54 Å². The van der Waals surface area contributed by atoms with Crippen molar-refractivity contribution >= 4 is 11.8 Å². The number of nitrogens with one attached hydrogen (secondary N) is 1. The fourth-order valence-corrected chi connectivity index (χ4v) is 2.90. The molecule has 0 aromatic carbocycles. The van der Waals surface area contributed by atoms with Gasteiger partial charge in [-0.15, -0.1) is 0 Å². The van der Waals surface area contributed by atoms with Crippen molar-refractivity contribution in [2.45, 2.75) is 70.1 Å². The Hall–Kier alpha value is 0.270. The van der Waals surface area contributed by atoms with Crippen LogP contribution < -0.4 is 5.32 Å². The molecule has 0 saturated heterocycles. The summed E-state index contributed by atoms with van der Waals surface area (Å²) in [5, 5.41) is 13.9. The largest absolute Gasteiger partial charge is 0.392 e. The smallest absolute Gasteiger partial charge is 0.0628 e. The second-order valence-corrected chi connectivity index (χ2v) is 6.02. The van der Waals surface area contributed by atoms with Crippen LogP contribution in [0.3, 0.4) is 0 Å². The molecule has 0 spiro atoms. The average molecular weight is 233 g/mol. The van der Waals surface area contributed by atoms with E-state index in [9.17, 15) is 5.11 Å². The number of thioether (sulfide) groups is 1. The molecule has 0 amide bonds. The number of rotatable bonds is 8. The summed E-state index contributed by atoms with van der Waals surface area (Å²) in [6.07, 6.45) is 2.11. The first-order valence-electron chi connectivity index (χ1n) is 6.09. The Morgan fingerprint density at radius 2 is 1.73 bits per heavy atom. The first kappa shape index (κ1) is 15.3. The van der Waals surface area contributed by atoms with Gasteiger partial charge in [0.05, 0.1) is 6.10 Å². The summed E-state index contributed by atoms with van der Waals surface area (Å²) in [4.78, 5) is 0. The molecule has 3 heteroatoms. The molecule has 2 N–H and O–H groups in total. The van der Waals surface area contributed by atoms with Crippen LogP contribution in [0.1, 0.15) is 47.5 Å². The van der Waals surface area contributed by atoms with E-state index in [0.29, 0.717) is 16.5 Å². The van der Waals surface area contributed by atoms with Gasteiger partial charge in [0, 0.05) is 16.5 Å². The van der Waals surface area contributed by atoms with Gasteiger partial charge in [-0.25, -0.2) is 0 Å². The highest BCUT2D eigenvalue weighted by molar-refractivity contribution is 8.00. The standard InChI is InChI=1S/C12H27NOS/c1-6-8-13-12(7-2)11(5)15-10(4)9(3)14/h9-14H,6-8H2,1-5H3. The minimum atomic E-state index is -0.221. The molecule has 0 aliphatic carbocycles. The van der Waals surface area contributed by atoms with Crippen LogP contribution in [-0.2, 0) is 0 Å². The normalized spacial score (nSPS) is 19.6. The van der Waals surface area contributed by atoms with E-state index in [1.807, 2.05) is 18.7 Å². The predicted molar refractivity (Wildman–Crippen MR) is 70.6 cm³/mol. The molecule has 2 nitrogen and oxygen atoms in total. The predicted octanol–water partition coefficient (Wildman–Crippen LogP) is 2.66. The van der Waals surface area contributed by atoms with Crippen molar-refractivity contribution < 1.29 is 5.11 Å². The van der Waals surface area contributed by atoms with Crippen molar-refractivity contribution in [3.63, 3.8) is 0 Å². The second kappa shape index (κ2) is 8.43. The van der Waals surface area contributed by atoms with Crippen molar-refractivity contribution in [3.05, 3.63) is 0 Å². The van der Waals surface area contributed by atoms with Gasteiger partial charge in [0.1, 0.15) is 0 Å². The molecule has 0 radical (unpaired) electrons. The fourth-order valence-electron chi connectivity index (χ4n) is 1.52. The lowest BCUT2D eigenvalue weighted by Crippen LogP contribution is -2.38. The number of aliphatic hydroxyl groups excluding tert-OH is 1. The van der Waals surface area contributed by atoms with Crippen LogP contribution in [0.4, 0.5) is 0 Å². The van der Waals surface area contributed by atoms with Crippen LogP contribution in [0.2, 0.25) is 0 Å². The molecule has 0 heterocycles. The summed E-state index contributed by atoms with van der Waals surface area (Å²) in [7, 11) is 0. The van der Waals surface area contributed by atoms with Crippen molar-refractivity contribution in [1.82, 2.24) is 5.32 Å². The van der Waals surface area contributed by atoms with Gasteiger partial charge in [0.15, 0.2) is 0 Å². The number of hydrogen-bond acceptors (Lipinski definition) is 3. The molecule has 0 aromatic rings. The molecule has 92 valence electrons. The summed E-state index contributed by atoms with van der Waals surface area (Å²) >= 11 is 1.88. The Morgan fingerprint density at radius 1 is 1.13 bits per heavy atom. The van der Waals surface area contributed by atoms with Gasteiger partial charge in [-0.1, -0.05) is 27.7 Å². The second-order valence-electron chi connectivity index (χ2n) is 4.26. The van der Waals surface area contributed by atoms with Gasteiger partial charge in [0.25, 0.3) is 0 Å². The molecular weight excluding hydrogens is 206 g/mol. The van der Waals surface area contributed by atoms with E-state index in [1.165, 1.54) is 6.42 Å². The summed E-state index contributed by atoms with van der Waals surface area (Å²) in [5.41, 5.74) is 0. The molecule has 0 aromatic heterocycles. The Bertz CT molecular complexity index is 153. The van der Waals surface area contributed by atoms with E-state index in [2.05, 4.69) is 33.0 Å². The summed E-state index contributed by atoms with van der Waals surface area (Å²) in [6, 6.07) is 0.566. The number of aliphatic hydroxyl groups is 1. The molecule has 0 bridgehead atoms. The van der Waals surface area contributed by atoms with Crippen LogP contribution >= 0.6 is 11.8 Å². The van der Waals surface area contributed by atoms with Gasteiger partial charge < -0.3 is 10.4 Å². The maximum atomic E-state index is 9.46. The summed E-state index contributed by atoms with van der Waals surface area (Å²) in [5.74, 6) is 0. The SMILES string of the molecule is CCCNC(CC)C(C)SC(C)C(C)O. The van der Waals surface area contributed by atoms with E-state index >= 15 is 0 Å². The first-order valence-corrected chi connectivity index (χ1v) is 7.04. The maximum absolute atomic E-state index is 9.46. The zero-order chi connectivity index (χ0) is 11.8. The molecule has 0 fully saturated rings. The van der Waals surface area contributed by atoms with Gasteiger partial charge >= 0.3 is 0 Å². The van der Waals surface area contributed by atoms with Crippen LogP contribution in [0.25, 0.3) is 0 Å². The highest BCUT2D eigenvalue weighted by Gasteiger charge is 2.19. The summed E-state index contributed by atoms with van der Waals surface area (Å²) in [6.45, 7) is 11.7. The lowest BCUT2D eigenvalue weighted by atomic mass is 10.1. The van der Waals surface area contributed by atoms with Crippen molar-refractivity contribution in [1.29, 1.82) is 0 Å². The zero-order valence-corrected chi connectivity index (χ0v) is 11.6. The molecule has 0 aliphatic heterocycles. The molecule has 4 atom stereocenters. The molecule has 0 rings (SSSR count). The van der Waals surface area contributed by atoms with E-state index in [-0.39, 0.29) is 6.10 Å². The fraction of sp³-hybridized carbons (Fsp3) is 1.00. The Labute approximate surface area is 99.2 Å². The number of hydrogen-bond donors (Lipinski definition) is 2. The lowest BCUT2D eigenvalue weighted by molar-refractivity contribution is 0.196. The molecule has 0 saturated carbocycles. The third-order valence-corrected chi connectivity index (χ3v) is 4.35. The molecular formula is C12H27NOS. The molecule has 15 heavy (non-hydrogen) atoms. The minimum Gasteiger partial charge on any atom is -0.392 e. The minimum absolute atomic E-state index is 0.221. The zero-order valence-electron chi connectivity index (χ0n) is 10.8. The Kier molecular flexibility index (Phi) is 8.58. The van der Waals surface area contributed by atoms with Crippen LogP contribution in [0.15, 0.2) is 0 Å². The van der Waals surface area contributed by atoms with E-state index in [0.717, 1.165) is 13.0 Å². The summed E-state index contributed by atoms with van der Waals surface area (Å²) < 4.78 is 0.